The molecule has 0 aliphatic carbocycles. The predicted molar refractivity (Wildman–Crippen MR) is 64.9 cm³/mol. The van der Waals surface area contributed by atoms with Crippen LogP contribution in [0.25, 0.3) is 0 Å². The maximum Gasteiger partial charge on any atom is 0.310 e. The summed E-state index contributed by atoms with van der Waals surface area (Å²) in [6.07, 6.45) is 0.863. The second-order valence-electron chi connectivity index (χ2n) is 4.58. The Labute approximate surface area is 107 Å². The van der Waals surface area contributed by atoms with E-state index in [0.717, 1.165) is 10.6 Å². The Morgan fingerprint density at radius 1 is 1.28 bits per heavy atom. The SMILES string of the molecule is COC(=O)C1CN(S(=O)(=O)CS(C)(=O)=O)CC1C. The van der Waals surface area contributed by atoms with Gasteiger partial charge in [-0.25, -0.2) is 16.8 Å². The summed E-state index contributed by atoms with van der Waals surface area (Å²) in [5.74, 6) is -1.20. The minimum absolute atomic E-state index is 0.0221. The molecule has 0 radical (unpaired) electrons. The molecule has 0 aromatic heterocycles. The molecule has 0 spiro atoms. The molecule has 1 heterocycles. The lowest BCUT2D eigenvalue weighted by molar-refractivity contribution is -0.145. The summed E-state index contributed by atoms with van der Waals surface area (Å²) in [6, 6.07) is 0. The van der Waals surface area contributed by atoms with Gasteiger partial charge in [-0.1, -0.05) is 6.92 Å². The van der Waals surface area contributed by atoms with Crippen molar-refractivity contribution in [3.8, 4) is 0 Å². The maximum absolute atomic E-state index is 11.8. The summed E-state index contributed by atoms with van der Waals surface area (Å²) in [5.41, 5.74) is 0. The zero-order chi connectivity index (χ0) is 14.1. The number of carbonyl (C=O) groups excluding carboxylic acids is 1. The van der Waals surface area contributed by atoms with E-state index in [-0.39, 0.29) is 19.0 Å². The summed E-state index contributed by atoms with van der Waals surface area (Å²) in [4.78, 5) is 11.4. The molecule has 0 aromatic rings. The first-order chi connectivity index (χ1) is 8.07. The van der Waals surface area contributed by atoms with Crippen LogP contribution in [0.3, 0.4) is 0 Å². The molecule has 1 aliphatic rings. The van der Waals surface area contributed by atoms with Crippen LogP contribution in [-0.4, -0.2) is 58.7 Å². The summed E-state index contributed by atoms with van der Waals surface area (Å²) in [5, 5.41) is -0.930. The van der Waals surface area contributed by atoms with Gasteiger partial charge >= 0.3 is 5.97 Å². The van der Waals surface area contributed by atoms with E-state index in [1.54, 1.807) is 6.92 Å². The Hall–Kier alpha value is -0.670. The number of sulfone groups is 1. The van der Waals surface area contributed by atoms with E-state index in [0.29, 0.717) is 0 Å². The third-order valence-electron chi connectivity index (χ3n) is 2.84. The molecule has 0 N–H and O–H groups in total. The minimum atomic E-state index is -3.89. The first kappa shape index (κ1) is 15.4. The smallest absolute Gasteiger partial charge is 0.310 e. The number of methoxy groups -OCH3 is 1. The van der Waals surface area contributed by atoms with E-state index in [1.165, 1.54) is 7.11 Å². The second kappa shape index (κ2) is 5.14. The fourth-order valence-electron chi connectivity index (χ4n) is 1.95. The standard InChI is InChI=1S/C9H17NO6S2/c1-7-4-10(5-8(7)9(11)16-2)18(14,15)6-17(3,12)13/h7-8H,4-6H2,1-3H3. The fraction of sp³-hybridized carbons (Fsp3) is 0.889. The van der Waals surface area contributed by atoms with Crippen molar-refractivity contribution in [3.63, 3.8) is 0 Å². The number of esters is 1. The van der Waals surface area contributed by atoms with E-state index >= 15 is 0 Å². The van der Waals surface area contributed by atoms with Crippen LogP contribution in [0.4, 0.5) is 0 Å². The van der Waals surface area contributed by atoms with Crippen molar-refractivity contribution in [3.05, 3.63) is 0 Å². The van der Waals surface area contributed by atoms with E-state index in [4.69, 9.17) is 0 Å². The fourth-order valence-corrected chi connectivity index (χ4v) is 5.56. The van der Waals surface area contributed by atoms with Gasteiger partial charge in [0.05, 0.1) is 13.0 Å². The predicted octanol–water partition coefficient (Wildman–Crippen LogP) is -0.941. The molecule has 1 saturated heterocycles. The molecule has 0 amide bonds. The molecule has 9 heteroatoms. The number of hydrogen-bond acceptors (Lipinski definition) is 6. The van der Waals surface area contributed by atoms with Crippen molar-refractivity contribution in [1.82, 2.24) is 4.31 Å². The highest BCUT2D eigenvalue weighted by Crippen LogP contribution is 2.26. The van der Waals surface area contributed by atoms with E-state index in [9.17, 15) is 21.6 Å². The molecule has 0 bridgehead atoms. The summed E-state index contributed by atoms with van der Waals surface area (Å²) < 4.78 is 51.4. The highest BCUT2D eigenvalue weighted by atomic mass is 32.3. The Morgan fingerprint density at radius 3 is 2.28 bits per heavy atom. The van der Waals surface area contributed by atoms with Crippen molar-refractivity contribution in [2.45, 2.75) is 6.92 Å². The Kier molecular flexibility index (Phi) is 4.39. The lowest BCUT2D eigenvalue weighted by atomic mass is 9.99. The van der Waals surface area contributed by atoms with E-state index < -0.39 is 36.8 Å². The Balaban J connectivity index is 2.86. The van der Waals surface area contributed by atoms with Crippen LogP contribution in [0.15, 0.2) is 0 Å². The minimum Gasteiger partial charge on any atom is -0.469 e. The Morgan fingerprint density at radius 2 is 1.83 bits per heavy atom. The lowest BCUT2D eigenvalue weighted by Gasteiger charge is -2.15. The van der Waals surface area contributed by atoms with Gasteiger partial charge in [0.25, 0.3) is 0 Å². The highest BCUT2D eigenvalue weighted by molar-refractivity contribution is 8.06. The van der Waals surface area contributed by atoms with Gasteiger partial charge < -0.3 is 4.74 Å². The average molecular weight is 299 g/mol. The van der Waals surface area contributed by atoms with Gasteiger partial charge in [0.15, 0.2) is 14.9 Å². The van der Waals surface area contributed by atoms with Gasteiger partial charge in [-0.05, 0) is 5.92 Å². The molecule has 106 valence electrons. The number of nitrogens with zero attached hydrogens (tertiary/aromatic N) is 1. The Bertz CT molecular complexity index is 523. The van der Waals surface area contributed by atoms with Crippen molar-refractivity contribution in [2.24, 2.45) is 11.8 Å². The quantitative estimate of drug-likeness (QED) is 0.621. The molecule has 1 aliphatic heterocycles. The molecular weight excluding hydrogens is 282 g/mol. The van der Waals surface area contributed by atoms with Crippen molar-refractivity contribution in [2.75, 3.05) is 31.5 Å². The van der Waals surface area contributed by atoms with Crippen LogP contribution in [-0.2, 0) is 29.4 Å². The first-order valence-electron chi connectivity index (χ1n) is 5.30. The third-order valence-corrected chi connectivity index (χ3v) is 6.83. The lowest BCUT2D eigenvalue weighted by Crippen LogP contribution is -2.34. The average Bonchev–Trinajstić information content (AvgIpc) is 2.56. The monoisotopic (exact) mass is 299 g/mol. The van der Waals surface area contributed by atoms with Crippen LogP contribution in [0.5, 0.6) is 0 Å². The second-order valence-corrected chi connectivity index (χ2v) is 9.05. The molecule has 0 saturated carbocycles. The van der Waals surface area contributed by atoms with Crippen LogP contribution < -0.4 is 0 Å². The molecule has 2 atom stereocenters. The van der Waals surface area contributed by atoms with E-state index in [2.05, 4.69) is 4.74 Å². The molecule has 1 rings (SSSR count). The molecule has 2 unspecified atom stereocenters. The van der Waals surface area contributed by atoms with Crippen molar-refractivity contribution in [1.29, 1.82) is 0 Å². The van der Waals surface area contributed by atoms with Gasteiger partial charge in [0.1, 0.15) is 0 Å². The molecule has 1 fully saturated rings. The van der Waals surface area contributed by atoms with Gasteiger partial charge in [-0.15, -0.1) is 0 Å². The summed E-state index contributed by atoms with van der Waals surface area (Å²) in [7, 11) is -6.27. The molecular formula is C9H17NO6S2. The highest BCUT2D eigenvalue weighted by Gasteiger charge is 2.41. The first-order valence-corrected chi connectivity index (χ1v) is 8.97. The van der Waals surface area contributed by atoms with Crippen molar-refractivity contribution >= 4 is 25.8 Å². The van der Waals surface area contributed by atoms with Crippen molar-refractivity contribution < 1.29 is 26.4 Å². The van der Waals surface area contributed by atoms with Gasteiger partial charge in [0, 0.05) is 19.3 Å². The zero-order valence-corrected chi connectivity index (χ0v) is 12.1. The number of sulfonamides is 1. The van der Waals surface area contributed by atoms with Crippen LogP contribution in [0, 0.1) is 11.8 Å². The number of ether oxygens (including phenoxy) is 1. The summed E-state index contributed by atoms with van der Waals surface area (Å²) >= 11 is 0. The van der Waals surface area contributed by atoms with Crippen LogP contribution in [0.1, 0.15) is 6.92 Å². The van der Waals surface area contributed by atoms with Gasteiger partial charge in [0.2, 0.25) is 10.0 Å². The largest absolute Gasteiger partial charge is 0.469 e. The number of hydrogen-bond donors (Lipinski definition) is 0. The number of rotatable bonds is 4. The summed E-state index contributed by atoms with van der Waals surface area (Å²) in [6.45, 7) is 1.85. The third kappa shape index (κ3) is 3.66. The maximum atomic E-state index is 11.8. The molecule has 0 aromatic carbocycles. The van der Waals surface area contributed by atoms with Gasteiger partial charge in [-0.3, -0.25) is 4.79 Å². The topological polar surface area (TPSA) is 97.8 Å². The van der Waals surface area contributed by atoms with Crippen LogP contribution >= 0.6 is 0 Å². The molecule has 7 nitrogen and oxygen atoms in total. The molecule has 18 heavy (non-hydrogen) atoms. The zero-order valence-electron chi connectivity index (χ0n) is 10.5. The van der Waals surface area contributed by atoms with E-state index in [1.807, 2.05) is 0 Å². The number of carbonyl (C=O) groups is 1. The normalized spacial score (nSPS) is 26.2. The van der Waals surface area contributed by atoms with Crippen LogP contribution in [0.2, 0.25) is 0 Å². The van der Waals surface area contributed by atoms with Gasteiger partial charge in [-0.2, -0.15) is 4.31 Å².